The summed E-state index contributed by atoms with van der Waals surface area (Å²) in [5.41, 5.74) is 3.22. The minimum atomic E-state index is -3.49. The molecule has 0 amide bonds. The third-order valence-corrected chi connectivity index (χ3v) is 8.79. The standard InChI is InChI=1S/C24H40N2O2S/c1-17(2)20-15-22(18(3)4)24(23(16-20)19(5)6)29(27,28)26-13-9-21(10-14-26)25-11-7-8-12-25/h15-19,21H,7-14H2,1-6H3. The van der Waals surface area contributed by atoms with Crippen LogP contribution in [0.3, 0.4) is 0 Å². The predicted molar refractivity (Wildman–Crippen MR) is 121 cm³/mol. The van der Waals surface area contributed by atoms with Crippen molar-refractivity contribution < 1.29 is 8.42 Å². The van der Waals surface area contributed by atoms with E-state index in [1.807, 2.05) is 0 Å². The van der Waals surface area contributed by atoms with Gasteiger partial charge in [0.15, 0.2) is 0 Å². The molecule has 5 heteroatoms. The second-order valence-electron chi connectivity index (χ2n) is 9.87. The van der Waals surface area contributed by atoms with E-state index in [4.69, 9.17) is 0 Å². The Balaban J connectivity index is 1.95. The SMILES string of the molecule is CC(C)c1cc(C(C)C)c(S(=O)(=O)N2CCC(N3CCCC3)CC2)c(C(C)C)c1. The second kappa shape index (κ2) is 9.07. The van der Waals surface area contributed by atoms with Crippen molar-refractivity contribution in [3.63, 3.8) is 0 Å². The molecule has 2 saturated heterocycles. The van der Waals surface area contributed by atoms with Gasteiger partial charge in [-0.2, -0.15) is 4.31 Å². The first-order valence-electron chi connectivity index (χ1n) is 11.5. The molecule has 3 rings (SSSR count). The van der Waals surface area contributed by atoms with Crippen LogP contribution in [0, 0.1) is 0 Å². The third kappa shape index (κ3) is 4.72. The number of hydrogen-bond acceptors (Lipinski definition) is 3. The average molecular weight is 421 g/mol. The number of rotatable bonds is 6. The molecule has 0 atom stereocenters. The monoisotopic (exact) mass is 420 g/mol. The van der Waals surface area contributed by atoms with Gasteiger partial charge in [-0.1, -0.05) is 53.7 Å². The largest absolute Gasteiger partial charge is 0.300 e. The first-order chi connectivity index (χ1) is 13.6. The summed E-state index contributed by atoms with van der Waals surface area (Å²) in [6.45, 7) is 16.5. The normalized spacial score (nSPS) is 20.4. The highest BCUT2D eigenvalue weighted by atomic mass is 32.2. The molecule has 1 aromatic carbocycles. The van der Waals surface area contributed by atoms with Gasteiger partial charge in [-0.25, -0.2) is 8.42 Å². The zero-order valence-electron chi connectivity index (χ0n) is 19.2. The van der Waals surface area contributed by atoms with Gasteiger partial charge in [0.25, 0.3) is 0 Å². The van der Waals surface area contributed by atoms with Gasteiger partial charge in [0.05, 0.1) is 4.90 Å². The summed E-state index contributed by atoms with van der Waals surface area (Å²) in [4.78, 5) is 3.16. The molecule has 2 fully saturated rings. The minimum Gasteiger partial charge on any atom is -0.300 e. The quantitative estimate of drug-likeness (QED) is 0.626. The lowest BCUT2D eigenvalue weighted by Gasteiger charge is -2.37. The van der Waals surface area contributed by atoms with Crippen LogP contribution in [-0.2, 0) is 10.0 Å². The number of hydrogen-bond donors (Lipinski definition) is 0. The van der Waals surface area contributed by atoms with E-state index in [1.165, 1.54) is 31.5 Å². The Morgan fingerprint density at radius 1 is 0.793 bits per heavy atom. The molecule has 0 aliphatic carbocycles. The maximum Gasteiger partial charge on any atom is 0.243 e. The highest BCUT2D eigenvalue weighted by Crippen LogP contribution is 2.37. The summed E-state index contributed by atoms with van der Waals surface area (Å²) < 4.78 is 29.5. The molecule has 2 heterocycles. The van der Waals surface area contributed by atoms with Gasteiger partial charge in [0, 0.05) is 19.1 Å². The fourth-order valence-corrected chi connectivity index (χ4v) is 7.01. The summed E-state index contributed by atoms with van der Waals surface area (Å²) in [5, 5.41) is 0. The first kappa shape index (κ1) is 22.8. The Labute approximate surface area is 178 Å². The van der Waals surface area contributed by atoms with Gasteiger partial charge in [-0.05, 0) is 73.2 Å². The predicted octanol–water partition coefficient (Wildman–Crippen LogP) is 5.31. The molecule has 4 nitrogen and oxygen atoms in total. The van der Waals surface area contributed by atoms with Crippen molar-refractivity contribution in [1.82, 2.24) is 9.21 Å². The molecule has 0 bridgehead atoms. The van der Waals surface area contributed by atoms with Gasteiger partial charge >= 0.3 is 0 Å². The van der Waals surface area contributed by atoms with Gasteiger partial charge < -0.3 is 4.90 Å². The minimum absolute atomic E-state index is 0.179. The molecule has 164 valence electrons. The highest BCUT2D eigenvalue weighted by molar-refractivity contribution is 7.89. The lowest BCUT2D eigenvalue weighted by Crippen LogP contribution is -2.46. The average Bonchev–Trinajstić information content (AvgIpc) is 3.21. The van der Waals surface area contributed by atoms with Crippen LogP contribution in [-0.4, -0.2) is 49.8 Å². The molecular formula is C24H40N2O2S. The van der Waals surface area contributed by atoms with Crippen LogP contribution in [0.4, 0.5) is 0 Å². The van der Waals surface area contributed by atoms with E-state index in [2.05, 4.69) is 58.6 Å². The molecule has 1 aromatic rings. The molecular weight excluding hydrogens is 380 g/mol. The van der Waals surface area contributed by atoms with Crippen LogP contribution in [0.15, 0.2) is 17.0 Å². The van der Waals surface area contributed by atoms with Gasteiger partial charge in [-0.15, -0.1) is 0 Å². The van der Waals surface area contributed by atoms with Crippen molar-refractivity contribution in [1.29, 1.82) is 0 Å². The fraction of sp³-hybridized carbons (Fsp3) is 0.750. The maximum atomic E-state index is 13.9. The van der Waals surface area contributed by atoms with E-state index in [1.54, 1.807) is 4.31 Å². The topological polar surface area (TPSA) is 40.6 Å². The number of benzene rings is 1. The number of piperidine rings is 1. The summed E-state index contributed by atoms with van der Waals surface area (Å²) in [5.74, 6) is 0.745. The van der Waals surface area contributed by atoms with Crippen LogP contribution >= 0.6 is 0 Å². The van der Waals surface area contributed by atoms with Crippen LogP contribution < -0.4 is 0 Å². The molecule has 0 aromatic heterocycles. The summed E-state index contributed by atoms with van der Waals surface area (Å²) in [6.07, 6.45) is 4.49. The van der Waals surface area contributed by atoms with Crippen molar-refractivity contribution in [2.24, 2.45) is 0 Å². The highest BCUT2D eigenvalue weighted by Gasteiger charge is 2.36. The van der Waals surface area contributed by atoms with Crippen molar-refractivity contribution in [2.45, 2.75) is 95.9 Å². The fourth-order valence-electron chi connectivity index (χ4n) is 4.87. The van der Waals surface area contributed by atoms with Crippen LogP contribution in [0.1, 0.15) is 102 Å². The molecule has 0 spiro atoms. The van der Waals surface area contributed by atoms with Gasteiger partial charge in [0.2, 0.25) is 10.0 Å². The zero-order valence-corrected chi connectivity index (χ0v) is 20.1. The lowest BCUT2D eigenvalue weighted by molar-refractivity contribution is 0.167. The van der Waals surface area contributed by atoms with E-state index in [0.717, 1.165) is 24.0 Å². The van der Waals surface area contributed by atoms with E-state index in [-0.39, 0.29) is 11.8 Å². The molecule has 0 saturated carbocycles. The van der Waals surface area contributed by atoms with Crippen molar-refractivity contribution in [3.8, 4) is 0 Å². The van der Waals surface area contributed by atoms with E-state index < -0.39 is 10.0 Å². The summed E-state index contributed by atoms with van der Waals surface area (Å²) >= 11 is 0. The van der Waals surface area contributed by atoms with Crippen molar-refractivity contribution in [3.05, 3.63) is 28.8 Å². The van der Waals surface area contributed by atoms with Crippen molar-refractivity contribution >= 4 is 10.0 Å². The number of sulfonamides is 1. The van der Waals surface area contributed by atoms with Gasteiger partial charge in [0.1, 0.15) is 0 Å². The zero-order chi connectivity index (χ0) is 21.3. The Bertz CT molecular complexity index is 771. The smallest absolute Gasteiger partial charge is 0.243 e. The third-order valence-electron chi connectivity index (χ3n) is 6.76. The molecule has 0 N–H and O–H groups in total. The molecule has 2 aliphatic heterocycles. The summed E-state index contributed by atoms with van der Waals surface area (Å²) in [6, 6.07) is 4.84. The Kier molecular flexibility index (Phi) is 7.12. The van der Waals surface area contributed by atoms with Crippen LogP contribution in [0.25, 0.3) is 0 Å². The summed E-state index contributed by atoms with van der Waals surface area (Å²) in [7, 11) is -3.49. The Morgan fingerprint density at radius 3 is 1.69 bits per heavy atom. The van der Waals surface area contributed by atoms with Crippen LogP contribution in [0.2, 0.25) is 0 Å². The molecule has 0 unspecified atom stereocenters. The van der Waals surface area contributed by atoms with Gasteiger partial charge in [-0.3, -0.25) is 0 Å². The molecule has 2 aliphatic rings. The van der Waals surface area contributed by atoms with E-state index >= 15 is 0 Å². The van der Waals surface area contributed by atoms with E-state index in [9.17, 15) is 8.42 Å². The maximum absolute atomic E-state index is 13.9. The Morgan fingerprint density at radius 2 is 1.28 bits per heavy atom. The lowest BCUT2D eigenvalue weighted by atomic mass is 9.89. The van der Waals surface area contributed by atoms with Crippen molar-refractivity contribution in [2.75, 3.05) is 26.2 Å². The number of nitrogens with zero attached hydrogens (tertiary/aromatic N) is 2. The second-order valence-corrected chi connectivity index (χ2v) is 11.7. The number of likely N-dealkylation sites (tertiary alicyclic amines) is 1. The Hall–Kier alpha value is -0.910. The first-order valence-corrected chi connectivity index (χ1v) is 13.0. The van der Waals surface area contributed by atoms with Crippen LogP contribution in [0.5, 0.6) is 0 Å². The molecule has 0 radical (unpaired) electrons. The van der Waals surface area contributed by atoms with E-state index in [0.29, 0.717) is 29.9 Å². The molecule has 29 heavy (non-hydrogen) atoms.